The molecule has 5 heteroatoms. The van der Waals surface area contributed by atoms with Crippen molar-refractivity contribution in [1.29, 1.82) is 0 Å². The predicted octanol–water partition coefficient (Wildman–Crippen LogP) is 2.16. The fourth-order valence-electron chi connectivity index (χ4n) is 1.90. The Bertz CT molecular complexity index is 492. The number of alkyl halides is 1. The molecule has 0 aliphatic rings. The quantitative estimate of drug-likeness (QED) is 0.778. The van der Waals surface area contributed by atoms with Crippen LogP contribution in [0.3, 0.4) is 0 Å². The van der Waals surface area contributed by atoms with E-state index in [0.717, 1.165) is 18.7 Å². The second-order valence-electron chi connectivity index (χ2n) is 4.61. The third-order valence-corrected chi connectivity index (χ3v) is 3.32. The Morgan fingerprint density at radius 1 is 1.22 bits per heavy atom. The van der Waals surface area contributed by atoms with Crippen molar-refractivity contribution in [2.75, 3.05) is 5.88 Å². The maximum absolute atomic E-state index is 6.02. The van der Waals surface area contributed by atoms with Gasteiger partial charge in [0.2, 0.25) is 0 Å². The monoisotopic (exact) mass is 264 g/mol. The van der Waals surface area contributed by atoms with E-state index in [1.807, 2.05) is 0 Å². The van der Waals surface area contributed by atoms with Gasteiger partial charge >= 0.3 is 0 Å². The highest BCUT2D eigenvalue weighted by molar-refractivity contribution is 6.18. The molecule has 96 valence electrons. The van der Waals surface area contributed by atoms with Crippen molar-refractivity contribution in [2.45, 2.75) is 19.8 Å². The lowest BCUT2D eigenvalue weighted by molar-refractivity contribution is 0.560. The van der Waals surface area contributed by atoms with Crippen LogP contribution in [0.5, 0.6) is 0 Å². The van der Waals surface area contributed by atoms with E-state index in [1.54, 1.807) is 7.05 Å². The smallest absolute Gasteiger partial charge is 0.167 e. The Hall–Kier alpha value is -1.42. The van der Waals surface area contributed by atoms with Crippen molar-refractivity contribution in [3.63, 3.8) is 0 Å². The second kappa shape index (κ2) is 5.96. The number of aryl methyl sites for hydroxylation is 2. The van der Waals surface area contributed by atoms with Crippen molar-refractivity contribution >= 4 is 11.6 Å². The van der Waals surface area contributed by atoms with Gasteiger partial charge in [0.25, 0.3) is 0 Å². The van der Waals surface area contributed by atoms with Gasteiger partial charge in [-0.15, -0.1) is 21.8 Å². The van der Waals surface area contributed by atoms with Crippen LogP contribution in [-0.2, 0) is 19.9 Å². The Kier molecular flexibility index (Phi) is 4.31. The molecule has 0 radical (unpaired) electrons. The highest BCUT2D eigenvalue weighted by Crippen LogP contribution is 2.14. The van der Waals surface area contributed by atoms with E-state index < -0.39 is 0 Å². The fraction of sp³-hybridized carbons (Fsp3) is 0.462. The normalized spacial score (nSPS) is 12.6. The lowest BCUT2D eigenvalue weighted by Gasteiger charge is -2.11. The van der Waals surface area contributed by atoms with Crippen LogP contribution in [0.2, 0.25) is 0 Å². The van der Waals surface area contributed by atoms with E-state index in [0.29, 0.717) is 11.8 Å². The molecule has 4 nitrogen and oxygen atoms in total. The minimum absolute atomic E-state index is 0.346. The van der Waals surface area contributed by atoms with Crippen LogP contribution in [0.15, 0.2) is 24.3 Å². The standard InChI is InChI=1S/C13H17ClN4/c1-10-3-5-11(6-4-10)7-12(9-14)8-13-15-17-18(2)16-13/h3-6,12H,7-9H2,1-2H3. The largest absolute Gasteiger partial charge is 0.175 e. The topological polar surface area (TPSA) is 43.6 Å². The van der Waals surface area contributed by atoms with Gasteiger partial charge in [0.15, 0.2) is 5.82 Å². The van der Waals surface area contributed by atoms with Crippen molar-refractivity contribution in [3.05, 3.63) is 41.2 Å². The zero-order valence-electron chi connectivity index (χ0n) is 10.7. The van der Waals surface area contributed by atoms with Crippen molar-refractivity contribution in [2.24, 2.45) is 13.0 Å². The summed E-state index contributed by atoms with van der Waals surface area (Å²) in [5, 5.41) is 12.0. The number of aromatic nitrogens is 4. The molecule has 0 aliphatic heterocycles. The maximum Gasteiger partial charge on any atom is 0.175 e. The third-order valence-electron chi connectivity index (χ3n) is 2.88. The molecule has 0 saturated carbocycles. The van der Waals surface area contributed by atoms with Gasteiger partial charge in [0.1, 0.15) is 0 Å². The van der Waals surface area contributed by atoms with Crippen molar-refractivity contribution in [3.8, 4) is 0 Å². The average molecular weight is 265 g/mol. The van der Waals surface area contributed by atoms with Crippen LogP contribution in [0.4, 0.5) is 0 Å². The zero-order chi connectivity index (χ0) is 13.0. The molecule has 0 saturated heterocycles. The first-order valence-corrected chi connectivity index (χ1v) is 6.55. The number of tetrazole rings is 1. The van der Waals surface area contributed by atoms with E-state index in [4.69, 9.17) is 11.6 Å². The van der Waals surface area contributed by atoms with Crippen molar-refractivity contribution in [1.82, 2.24) is 20.2 Å². The summed E-state index contributed by atoms with van der Waals surface area (Å²) in [6, 6.07) is 8.56. The van der Waals surface area contributed by atoms with Gasteiger partial charge in [-0.1, -0.05) is 29.8 Å². The van der Waals surface area contributed by atoms with Crippen LogP contribution < -0.4 is 0 Å². The van der Waals surface area contributed by atoms with Crippen LogP contribution in [0.25, 0.3) is 0 Å². The first-order valence-electron chi connectivity index (χ1n) is 6.01. The number of hydrogen-bond donors (Lipinski definition) is 0. The summed E-state index contributed by atoms with van der Waals surface area (Å²) in [5.74, 6) is 1.71. The highest BCUT2D eigenvalue weighted by atomic mass is 35.5. The molecule has 0 amide bonds. The predicted molar refractivity (Wildman–Crippen MR) is 71.6 cm³/mol. The molecule has 0 spiro atoms. The van der Waals surface area contributed by atoms with Crippen LogP contribution in [-0.4, -0.2) is 26.1 Å². The molecule has 1 atom stereocenters. The molecular weight excluding hydrogens is 248 g/mol. The third kappa shape index (κ3) is 3.53. The van der Waals surface area contributed by atoms with Crippen molar-refractivity contribution < 1.29 is 0 Å². The Balaban J connectivity index is 1.99. The summed E-state index contributed by atoms with van der Waals surface area (Å²) in [4.78, 5) is 1.48. The average Bonchev–Trinajstić information content (AvgIpc) is 2.77. The van der Waals surface area contributed by atoms with Gasteiger partial charge < -0.3 is 0 Å². The molecule has 1 unspecified atom stereocenters. The molecule has 1 aromatic heterocycles. The van der Waals surface area contributed by atoms with Gasteiger partial charge in [-0.25, -0.2) is 0 Å². The Morgan fingerprint density at radius 2 is 1.94 bits per heavy atom. The number of halogens is 1. The molecule has 0 N–H and O–H groups in total. The number of rotatable bonds is 5. The maximum atomic E-state index is 6.02. The Morgan fingerprint density at radius 3 is 2.50 bits per heavy atom. The zero-order valence-corrected chi connectivity index (χ0v) is 11.4. The molecule has 0 fully saturated rings. The Labute approximate surface area is 112 Å². The summed E-state index contributed by atoms with van der Waals surface area (Å²) < 4.78 is 0. The fourth-order valence-corrected chi connectivity index (χ4v) is 2.12. The number of hydrogen-bond acceptors (Lipinski definition) is 3. The lowest BCUT2D eigenvalue weighted by Crippen LogP contribution is -2.11. The van der Waals surface area contributed by atoms with Crippen LogP contribution in [0.1, 0.15) is 17.0 Å². The minimum Gasteiger partial charge on any atom is -0.167 e. The number of nitrogens with zero attached hydrogens (tertiary/aromatic N) is 4. The summed E-state index contributed by atoms with van der Waals surface area (Å²) >= 11 is 6.02. The van der Waals surface area contributed by atoms with Crippen LogP contribution in [0, 0.1) is 12.8 Å². The summed E-state index contributed by atoms with van der Waals surface area (Å²) in [7, 11) is 1.77. The molecule has 2 rings (SSSR count). The lowest BCUT2D eigenvalue weighted by atomic mass is 9.97. The highest BCUT2D eigenvalue weighted by Gasteiger charge is 2.13. The molecular formula is C13H17ClN4. The van der Waals surface area contributed by atoms with E-state index in [-0.39, 0.29) is 0 Å². The van der Waals surface area contributed by atoms with Crippen LogP contribution >= 0.6 is 11.6 Å². The van der Waals surface area contributed by atoms with E-state index >= 15 is 0 Å². The minimum atomic E-state index is 0.346. The van der Waals surface area contributed by atoms with Gasteiger partial charge in [-0.2, -0.15) is 4.80 Å². The molecule has 18 heavy (non-hydrogen) atoms. The van der Waals surface area contributed by atoms with Gasteiger partial charge in [-0.3, -0.25) is 0 Å². The summed E-state index contributed by atoms with van der Waals surface area (Å²) in [5.41, 5.74) is 2.58. The van der Waals surface area contributed by atoms with Gasteiger partial charge in [-0.05, 0) is 30.0 Å². The van der Waals surface area contributed by atoms with Gasteiger partial charge in [0.05, 0.1) is 7.05 Å². The molecule has 0 bridgehead atoms. The number of benzene rings is 1. The van der Waals surface area contributed by atoms with E-state index in [9.17, 15) is 0 Å². The SMILES string of the molecule is Cc1ccc(CC(CCl)Cc2nnn(C)n2)cc1. The van der Waals surface area contributed by atoms with E-state index in [2.05, 4.69) is 46.6 Å². The first-order chi connectivity index (χ1) is 8.67. The molecule has 1 heterocycles. The first kappa shape index (κ1) is 13.0. The molecule has 1 aromatic carbocycles. The second-order valence-corrected chi connectivity index (χ2v) is 4.92. The molecule has 2 aromatic rings. The van der Waals surface area contributed by atoms with Gasteiger partial charge in [0, 0.05) is 12.3 Å². The van der Waals surface area contributed by atoms with E-state index in [1.165, 1.54) is 15.9 Å². The molecule has 0 aliphatic carbocycles. The summed E-state index contributed by atoms with van der Waals surface area (Å²) in [6.45, 7) is 2.09. The summed E-state index contributed by atoms with van der Waals surface area (Å²) in [6.07, 6.45) is 1.72.